The van der Waals surface area contributed by atoms with Crippen LogP contribution in [-0.4, -0.2) is 36.2 Å². The summed E-state index contributed by atoms with van der Waals surface area (Å²) in [6.45, 7) is 3.82. The summed E-state index contributed by atoms with van der Waals surface area (Å²) in [5, 5.41) is 7.88. The average molecular weight is 255 g/mol. The second-order valence-electron chi connectivity index (χ2n) is 4.94. The Morgan fingerprint density at radius 1 is 1.47 bits per heavy atom. The fourth-order valence-corrected chi connectivity index (χ4v) is 4.51. The van der Waals surface area contributed by atoms with E-state index in [1.165, 1.54) is 11.3 Å². The van der Waals surface area contributed by atoms with Crippen molar-refractivity contribution in [3.63, 3.8) is 0 Å². The molecule has 0 saturated carbocycles. The number of hydrogen-bond acceptors (Lipinski definition) is 4. The van der Waals surface area contributed by atoms with Crippen molar-refractivity contribution in [3.05, 3.63) is 17.0 Å². The SMILES string of the molecule is Cc1nn(C2CCS(=O)(=O)C2)c2c1CNCC2. The summed E-state index contributed by atoms with van der Waals surface area (Å²) in [6.07, 6.45) is 1.66. The molecule has 0 aromatic carbocycles. The van der Waals surface area contributed by atoms with Crippen LogP contribution in [0.1, 0.15) is 29.4 Å². The maximum absolute atomic E-state index is 11.5. The zero-order chi connectivity index (χ0) is 12.0. The van der Waals surface area contributed by atoms with E-state index in [2.05, 4.69) is 10.4 Å². The topological polar surface area (TPSA) is 64.0 Å². The van der Waals surface area contributed by atoms with Gasteiger partial charge in [0.25, 0.3) is 0 Å². The highest BCUT2D eigenvalue weighted by molar-refractivity contribution is 7.91. The van der Waals surface area contributed by atoms with Crippen molar-refractivity contribution in [3.8, 4) is 0 Å². The maximum atomic E-state index is 11.5. The highest BCUT2D eigenvalue weighted by atomic mass is 32.2. The lowest BCUT2D eigenvalue weighted by Crippen LogP contribution is -2.26. The lowest BCUT2D eigenvalue weighted by Gasteiger charge is -2.18. The molecule has 1 aromatic rings. The highest BCUT2D eigenvalue weighted by Crippen LogP contribution is 2.28. The highest BCUT2D eigenvalue weighted by Gasteiger charge is 2.32. The van der Waals surface area contributed by atoms with E-state index < -0.39 is 9.84 Å². The molecule has 0 aliphatic carbocycles. The molecule has 1 N–H and O–H groups in total. The molecule has 94 valence electrons. The van der Waals surface area contributed by atoms with Crippen LogP contribution >= 0.6 is 0 Å². The van der Waals surface area contributed by atoms with E-state index in [-0.39, 0.29) is 11.8 Å². The normalized spacial score (nSPS) is 27.0. The molecule has 1 saturated heterocycles. The standard InChI is InChI=1S/C11H17N3O2S/c1-8-10-6-12-4-2-11(10)14(13-8)9-3-5-17(15,16)7-9/h9,12H,2-7H2,1H3. The first-order valence-electron chi connectivity index (χ1n) is 6.05. The van der Waals surface area contributed by atoms with Gasteiger partial charge in [-0.3, -0.25) is 4.68 Å². The predicted octanol–water partition coefficient (Wildman–Crippen LogP) is 0.197. The Hall–Kier alpha value is -0.880. The van der Waals surface area contributed by atoms with Crippen molar-refractivity contribution in [2.45, 2.75) is 32.4 Å². The first-order valence-corrected chi connectivity index (χ1v) is 7.87. The Balaban J connectivity index is 1.99. The van der Waals surface area contributed by atoms with Gasteiger partial charge in [-0.15, -0.1) is 0 Å². The Morgan fingerprint density at radius 2 is 2.29 bits per heavy atom. The second kappa shape index (κ2) is 3.81. The van der Waals surface area contributed by atoms with Crippen LogP contribution in [0.15, 0.2) is 0 Å². The fourth-order valence-electron chi connectivity index (χ4n) is 2.82. The van der Waals surface area contributed by atoms with Crippen LogP contribution in [-0.2, 0) is 22.8 Å². The lowest BCUT2D eigenvalue weighted by atomic mass is 10.1. The number of aromatic nitrogens is 2. The first-order chi connectivity index (χ1) is 8.07. The van der Waals surface area contributed by atoms with Crippen molar-refractivity contribution in [2.75, 3.05) is 18.1 Å². The molecule has 1 atom stereocenters. The summed E-state index contributed by atoms with van der Waals surface area (Å²) in [4.78, 5) is 0. The summed E-state index contributed by atoms with van der Waals surface area (Å²) < 4.78 is 25.1. The molecular formula is C11H17N3O2S. The Bertz CT molecular complexity index is 547. The Morgan fingerprint density at radius 3 is 3.00 bits per heavy atom. The number of rotatable bonds is 1. The van der Waals surface area contributed by atoms with E-state index in [1.807, 2.05) is 11.6 Å². The van der Waals surface area contributed by atoms with Gasteiger partial charge in [0.05, 0.1) is 23.2 Å². The molecule has 3 rings (SSSR count). The van der Waals surface area contributed by atoms with E-state index in [9.17, 15) is 8.42 Å². The van der Waals surface area contributed by atoms with Crippen molar-refractivity contribution in [1.29, 1.82) is 0 Å². The Labute approximate surface area is 101 Å². The van der Waals surface area contributed by atoms with Gasteiger partial charge < -0.3 is 5.32 Å². The van der Waals surface area contributed by atoms with E-state index >= 15 is 0 Å². The third kappa shape index (κ3) is 1.89. The summed E-state index contributed by atoms with van der Waals surface area (Å²) >= 11 is 0. The molecule has 3 heterocycles. The zero-order valence-corrected chi connectivity index (χ0v) is 10.8. The number of sulfone groups is 1. The van der Waals surface area contributed by atoms with Gasteiger partial charge in [-0.25, -0.2) is 8.42 Å². The van der Waals surface area contributed by atoms with Gasteiger partial charge in [0.15, 0.2) is 9.84 Å². The van der Waals surface area contributed by atoms with Crippen LogP contribution in [0, 0.1) is 6.92 Å². The van der Waals surface area contributed by atoms with E-state index in [1.54, 1.807) is 0 Å². The third-order valence-electron chi connectivity index (χ3n) is 3.71. The molecule has 0 spiro atoms. The first kappa shape index (κ1) is 11.2. The minimum Gasteiger partial charge on any atom is -0.312 e. The van der Waals surface area contributed by atoms with Gasteiger partial charge in [-0.1, -0.05) is 0 Å². The molecule has 5 nitrogen and oxygen atoms in total. The molecular weight excluding hydrogens is 238 g/mol. The number of aryl methyl sites for hydroxylation is 1. The van der Waals surface area contributed by atoms with Crippen molar-refractivity contribution >= 4 is 9.84 Å². The second-order valence-corrected chi connectivity index (χ2v) is 7.17. The van der Waals surface area contributed by atoms with Crippen LogP contribution < -0.4 is 5.32 Å². The van der Waals surface area contributed by atoms with Crippen LogP contribution in [0.4, 0.5) is 0 Å². The number of fused-ring (bicyclic) bond motifs is 1. The molecule has 0 amide bonds. The van der Waals surface area contributed by atoms with E-state index in [0.717, 1.165) is 25.2 Å². The predicted molar refractivity (Wildman–Crippen MR) is 64.7 cm³/mol. The maximum Gasteiger partial charge on any atom is 0.152 e. The van der Waals surface area contributed by atoms with Crippen LogP contribution in [0.5, 0.6) is 0 Å². The van der Waals surface area contributed by atoms with Crippen LogP contribution in [0.25, 0.3) is 0 Å². The largest absolute Gasteiger partial charge is 0.312 e. The minimum atomic E-state index is -2.84. The molecule has 1 unspecified atom stereocenters. The fraction of sp³-hybridized carbons (Fsp3) is 0.727. The van der Waals surface area contributed by atoms with Gasteiger partial charge in [0, 0.05) is 30.8 Å². The van der Waals surface area contributed by atoms with Crippen LogP contribution in [0.2, 0.25) is 0 Å². The monoisotopic (exact) mass is 255 g/mol. The van der Waals surface area contributed by atoms with Crippen molar-refractivity contribution in [1.82, 2.24) is 15.1 Å². The number of nitrogens with zero attached hydrogens (tertiary/aromatic N) is 2. The molecule has 2 aliphatic rings. The van der Waals surface area contributed by atoms with E-state index in [0.29, 0.717) is 12.2 Å². The van der Waals surface area contributed by atoms with Gasteiger partial charge in [-0.05, 0) is 13.3 Å². The smallest absolute Gasteiger partial charge is 0.152 e. The van der Waals surface area contributed by atoms with E-state index in [4.69, 9.17) is 0 Å². The summed E-state index contributed by atoms with van der Waals surface area (Å²) in [6, 6.07) is 0.0561. The molecule has 1 fully saturated rings. The van der Waals surface area contributed by atoms with Gasteiger partial charge in [0.2, 0.25) is 0 Å². The zero-order valence-electron chi connectivity index (χ0n) is 9.94. The molecule has 2 aliphatic heterocycles. The van der Waals surface area contributed by atoms with Crippen LogP contribution in [0.3, 0.4) is 0 Å². The molecule has 0 radical (unpaired) electrons. The molecule has 0 bridgehead atoms. The average Bonchev–Trinajstić information content (AvgIpc) is 2.81. The van der Waals surface area contributed by atoms with Crippen molar-refractivity contribution < 1.29 is 8.42 Å². The lowest BCUT2D eigenvalue weighted by molar-refractivity contribution is 0.467. The summed E-state index contributed by atoms with van der Waals surface area (Å²) in [5.41, 5.74) is 3.54. The summed E-state index contributed by atoms with van der Waals surface area (Å²) in [7, 11) is -2.84. The van der Waals surface area contributed by atoms with Gasteiger partial charge in [0.1, 0.15) is 0 Å². The number of nitrogens with one attached hydrogen (secondary N) is 1. The quantitative estimate of drug-likeness (QED) is 0.778. The number of hydrogen-bond donors (Lipinski definition) is 1. The Kier molecular flexibility index (Phi) is 2.52. The molecule has 6 heteroatoms. The minimum absolute atomic E-state index is 0.0561. The van der Waals surface area contributed by atoms with Crippen molar-refractivity contribution in [2.24, 2.45) is 0 Å². The van der Waals surface area contributed by atoms with Gasteiger partial charge in [-0.2, -0.15) is 5.10 Å². The third-order valence-corrected chi connectivity index (χ3v) is 5.46. The summed E-state index contributed by atoms with van der Waals surface area (Å²) in [5.74, 6) is 0.567. The molecule has 17 heavy (non-hydrogen) atoms. The molecule has 1 aromatic heterocycles. The van der Waals surface area contributed by atoms with Gasteiger partial charge >= 0.3 is 0 Å².